The molecule has 0 saturated carbocycles. The van der Waals surface area contributed by atoms with E-state index in [1.54, 1.807) is 0 Å². The Kier molecular flexibility index (Phi) is 6.28. The molecule has 2 N–H and O–H groups in total. The Hall–Kier alpha value is -0.900. The number of carbonyl (C=O) groups is 2. The van der Waals surface area contributed by atoms with Gasteiger partial charge in [-0.05, 0) is 6.42 Å². The van der Waals surface area contributed by atoms with E-state index in [0.29, 0.717) is 25.7 Å². The third kappa shape index (κ3) is 5.85. The summed E-state index contributed by atoms with van der Waals surface area (Å²) in [6.45, 7) is 2.24. The van der Waals surface area contributed by atoms with Gasteiger partial charge in [0.05, 0.1) is 0 Å². The van der Waals surface area contributed by atoms with Crippen LogP contribution in [0.2, 0.25) is 0 Å². The van der Waals surface area contributed by atoms with Crippen LogP contribution in [0.1, 0.15) is 32.6 Å². The van der Waals surface area contributed by atoms with Crippen molar-refractivity contribution in [1.29, 1.82) is 0 Å². The van der Waals surface area contributed by atoms with Crippen molar-refractivity contribution < 1.29 is 14.3 Å². The van der Waals surface area contributed by atoms with Crippen molar-refractivity contribution in [2.24, 2.45) is 5.73 Å². The predicted molar refractivity (Wildman–Crippen MR) is 44.3 cm³/mol. The summed E-state index contributed by atoms with van der Waals surface area (Å²) in [7, 11) is 0. The number of ether oxygens (including phenoxy) is 1. The fraction of sp³-hybridized carbons (Fsp3) is 0.750. The molecule has 0 aromatic rings. The Bertz CT molecular complexity index is 147. The topological polar surface area (TPSA) is 69.4 Å². The smallest absolute Gasteiger partial charge is 0.294 e. The van der Waals surface area contributed by atoms with Crippen molar-refractivity contribution in [3.8, 4) is 0 Å². The third-order valence-electron chi connectivity index (χ3n) is 1.47. The van der Waals surface area contributed by atoms with Gasteiger partial charge in [0.1, 0.15) is 5.78 Å². The summed E-state index contributed by atoms with van der Waals surface area (Å²) in [5.74, 6) is 0.169. The molecule has 0 aliphatic carbocycles. The Morgan fingerprint density at radius 1 is 1.58 bits per heavy atom. The van der Waals surface area contributed by atoms with Crippen LogP contribution >= 0.6 is 0 Å². The summed E-state index contributed by atoms with van der Waals surface area (Å²) < 4.78 is 4.42. The van der Waals surface area contributed by atoms with E-state index in [1.165, 1.54) is 0 Å². The Morgan fingerprint density at radius 2 is 2.25 bits per heavy atom. The normalized spacial score (nSPS) is 12.2. The van der Waals surface area contributed by atoms with Gasteiger partial charge in [-0.25, -0.2) is 0 Å². The summed E-state index contributed by atoms with van der Waals surface area (Å²) in [6.07, 6.45) is 1.60. The SMILES string of the molecule is CCCC(=O)CC[C@H](N)OC=O. The van der Waals surface area contributed by atoms with Crippen LogP contribution in [0.4, 0.5) is 0 Å². The maximum absolute atomic E-state index is 11.0. The fourth-order valence-corrected chi connectivity index (χ4v) is 0.846. The van der Waals surface area contributed by atoms with Crippen molar-refractivity contribution in [3.63, 3.8) is 0 Å². The summed E-state index contributed by atoms with van der Waals surface area (Å²) >= 11 is 0. The number of nitrogens with two attached hydrogens (primary N) is 1. The Labute approximate surface area is 72.1 Å². The van der Waals surface area contributed by atoms with E-state index in [4.69, 9.17) is 5.73 Å². The molecule has 0 unspecified atom stereocenters. The first-order valence-electron chi connectivity index (χ1n) is 4.07. The lowest BCUT2D eigenvalue weighted by Gasteiger charge is -2.07. The first kappa shape index (κ1) is 11.1. The van der Waals surface area contributed by atoms with Crippen LogP contribution in [-0.2, 0) is 14.3 Å². The summed E-state index contributed by atoms with van der Waals surface area (Å²) in [6, 6.07) is 0. The highest BCUT2D eigenvalue weighted by atomic mass is 16.5. The average Bonchev–Trinajstić information content (AvgIpc) is 2.02. The zero-order valence-electron chi connectivity index (χ0n) is 7.29. The van der Waals surface area contributed by atoms with E-state index in [0.717, 1.165) is 6.42 Å². The van der Waals surface area contributed by atoms with Gasteiger partial charge in [-0.3, -0.25) is 15.3 Å². The Balaban J connectivity index is 3.39. The van der Waals surface area contributed by atoms with Crippen LogP contribution in [-0.4, -0.2) is 18.5 Å². The van der Waals surface area contributed by atoms with Crippen LogP contribution in [0.15, 0.2) is 0 Å². The second-order valence-electron chi connectivity index (χ2n) is 2.60. The van der Waals surface area contributed by atoms with Crippen molar-refractivity contribution in [2.45, 2.75) is 38.8 Å². The molecule has 0 bridgehead atoms. The molecule has 0 aliphatic rings. The molecule has 0 aromatic heterocycles. The highest BCUT2D eigenvalue weighted by Crippen LogP contribution is 2.00. The largest absolute Gasteiger partial charge is 0.449 e. The molecule has 70 valence electrons. The average molecular weight is 173 g/mol. The van der Waals surface area contributed by atoms with E-state index in [2.05, 4.69) is 4.74 Å². The second kappa shape index (κ2) is 6.79. The van der Waals surface area contributed by atoms with Crippen molar-refractivity contribution in [1.82, 2.24) is 0 Å². The molecule has 1 atom stereocenters. The van der Waals surface area contributed by atoms with Gasteiger partial charge in [0, 0.05) is 19.3 Å². The molecule has 4 nitrogen and oxygen atoms in total. The van der Waals surface area contributed by atoms with Crippen LogP contribution in [0.5, 0.6) is 0 Å². The van der Waals surface area contributed by atoms with Crippen LogP contribution < -0.4 is 5.73 Å². The maximum Gasteiger partial charge on any atom is 0.294 e. The molecule has 0 saturated heterocycles. The van der Waals surface area contributed by atoms with Gasteiger partial charge in [-0.15, -0.1) is 0 Å². The van der Waals surface area contributed by atoms with Gasteiger partial charge in [-0.1, -0.05) is 6.92 Å². The van der Waals surface area contributed by atoms with Gasteiger partial charge in [0.2, 0.25) is 0 Å². The fourth-order valence-electron chi connectivity index (χ4n) is 0.846. The monoisotopic (exact) mass is 173 g/mol. The summed E-state index contributed by atoms with van der Waals surface area (Å²) in [4.78, 5) is 20.8. The van der Waals surface area contributed by atoms with Gasteiger partial charge in [0.15, 0.2) is 6.23 Å². The second-order valence-corrected chi connectivity index (χ2v) is 2.60. The van der Waals surface area contributed by atoms with Gasteiger partial charge in [0.25, 0.3) is 6.47 Å². The molecule has 0 heterocycles. The zero-order valence-corrected chi connectivity index (χ0v) is 7.29. The number of Topliss-reactive ketones (excluding diaryl/α,β-unsaturated/α-hetero) is 1. The number of hydrogen-bond donors (Lipinski definition) is 1. The molecule has 12 heavy (non-hydrogen) atoms. The number of ketones is 1. The molecule has 4 heteroatoms. The molecule has 0 rings (SSSR count). The lowest BCUT2D eigenvalue weighted by Crippen LogP contribution is -2.24. The standard InChI is InChI=1S/C8H15NO3/c1-2-3-7(11)4-5-8(9)12-6-10/h6,8H,2-5,9H2,1H3/t8-/m1/s1. The van der Waals surface area contributed by atoms with Crippen molar-refractivity contribution >= 4 is 12.3 Å². The summed E-state index contributed by atoms with van der Waals surface area (Å²) in [5.41, 5.74) is 5.32. The Morgan fingerprint density at radius 3 is 2.75 bits per heavy atom. The van der Waals surface area contributed by atoms with Gasteiger partial charge in [-0.2, -0.15) is 0 Å². The van der Waals surface area contributed by atoms with Gasteiger partial charge < -0.3 is 4.74 Å². The molecule has 0 aromatic carbocycles. The van der Waals surface area contributed by atoms with Crippen LogP contribution in [0, 0.1) is 0 Å². The van der Waals surface area contributed by atoms with E-state index < -0.39 is 6.23 Å². The van der Waals surface area contributed by atoms with Crippen LogP contribution in [0.3, 0.4) is 0 Å². The molecule has 0 spiro atoms. The van der Waals surface area contributed by atoms with Crippen molar-refractivity contribution in [2.75, 3.05) is 0 Å². The summed E-state index contributed by atoms with van der Waals surface area (Å²) in [5, 5.41) is 0. The van der Waals surface area contributed by atoms with E-state index in [1.807, 2.05) is 6.92 Å². The lowest BCUT2D eigenvalue weighted by atomic mass is 10.1. The van der Waals surface area contributed by atoms with E-state index in [9.17, 15) is 9.59 Å². The van der Waals surface area contributed by atoms with Crippen LogP contribution in [0.25, 0.3) is 0 Å². The van der Waals surface area contributed by atoms with Gasteiger partial charge >= 0.3 is 0 Å². The number of rotatable bonds is 7. The first-order valence-corrected chi connectivity index (χ1v) is 4.07. The van der Waals surface area contributed by atoms with E-state index in [-0.39, 0.29) is 5.78 Å². The molecule has 0 amide bonds. The number of hydrogen-bond acceptors (Lipinski definition) is 4. The number of carbonyl (C=O) groups excluding carboxylic acids is 2. The zero-order chi connectivity index (χ0) is 9.40. The molecular formula is C8H15NO3. The lowest BCUT2D eigenvalue weighted by molar-refractivity contribution is -0.134. The molecular weight excluding hydrogens is 158 g/mol. The van der Waals surface area contributed by atoms with Crippen molar-refractivity contribution in [3.05, 3.63) is 0 Å². The first-order chi connectivity index (χ1) is 5.70. The van der Waals surface area contributed by atoms with E-state index >= 15 is 0 Å². The molecule has 0 fully saturated rings. The highest BCUT2D eigenvalue weighted by Gasteiger charge is 2.05. The third-order valence-corrected chi connectivity index (χ3v) is 1.47. The quantitative estimate of drug-likeness (QED) is 0.452. The minimum Gasteiger partial charge on any atom is -0.449 e. The maximum atomic E-state index is 11.0. The highest BCUT2D eigenvalue weighted by molar-refractivity contribution is 5.78. The molecule has 0 radical (unpaired) electrons. The molecule has 0 aliphatic heterocycles. The minimum atomic E-state index is -0.636. The predicted octanol–water partition coefficient (Wildman–Crippen LogP) is 0.594. The minimum absolute atomic E-state index is 0.169.